The van der Waals surface area contributed by atoms with Crippen molar-refractivity contribution >= 4 is 51.8 Å². The van der Waals surface area contributed by atoms with Crippen LogP contribution < -0.4 is 4.98 Å². The van der Waals surface area contributed by atoms with Crippen molar-refractivity contribution in [2.24, 2.45) is 0 Å². The standard InChI is InChI=1S/C16H27ClN2O3SSi2/c1-24(2,3)18-12-14(20)19-13(16(21)22-25(4,5)6)11(8-7-9-17)10-23-15(12)19/h7-8,12,15,18H,9-10H2,1-6H3/b8-7+/t12-,15+/m1/s1. The van der Waals surface area contributed by atoms with Gasteiger partial charge in [0.05, 0.1) is 0 Å². The lowest BCUT2D eigenvalue weighted by Gasteiger charge is -2.51. The molecular weight excluding hydrogens is 392 g/mol. The average Bonchev–Trinajstić information content (AvgIpc) is 2.47. The fraction of sp³-hybridized carbons (Fsp3) is 0.625. The van der Waals surface area contributed by atoms with E-state index in [1.807, 2.05) is 25.7 Å². The Morgan fingerprint density at radius 3 is 2.52 bits per heavy atom. The number of nitrogens with one attached hydrogen (secondary N) is 1. The van der Waals surface area contributed by atoms with Crippen molar-refractivity contribution in [2.45, 2.75) is 50.7 Å². The SMILES string of the molecule is C[Si](C)(C)N[C@@H]1C(=O)N2C(C(=O)O[Si](C)(C)C)=C(/C=C/CCl)CS[C@@H]12. The first kappa shape index (κ1) is 20.8. The van der Waals surface area contributed by atoms with E-state index in [0.717, 1.165) is 5.57 Å². The van der Waals surface area contributed by atoms with E-state index in [1.165, 1.54) is 0 Å². The third kappa shape index (κ3) is 5.00. The maximum Gasteiger partial charge on any atom is 0.342 e. The third-order valence-corrected chi connectivity index (χ3v) is 7.04. The summed E-state index contributed by atoms with van der Waals surface area (Å²) in [4.78, 5) is 30.7. The molecule has 140 valence electrons. The van der Waals surface area contributed by atoms with E-state index in [9.17, 15) is 9.59 Å². The van der Waals surface area contributed by atoms with Gasteiger partial charge in [0.15, 0.2) is 0 Å². The summed E-state index contributed by atoms with van der Waals surface area (Å²) >= 11 is 7.43. The van der Waals surface area contributed by atoms with E-state index in [1.54, 1.807) is 22.7 Å². The van der Waals surface area contributed by atoms with Crippen LogP contribution in [0.1, 0.15) is 0 Å². The minimum absolute atomic E-state index is 0.0427. The third-order valence-electron chi connectivity index (χ3n) is 3.59. The minimum Gasteiger partial charge on any atom is -0.515 e. The molecule has 9 heteroatoms. The highest BCUT2D eigenvalue weighted by molar-refractivity contribution is 8.00. The topological polar surface area (TPSA) is 58.6 Å². The zero-order chi connectivity index (χ0) is 19.0. The van der Waals surface area contributed by atoms with Gasteiger partial charge >= 0.3 is 5.97 Å². The number of β-lactam (4-membered cyclic amide) rings is 1. The van der Waals surface area contributed by atoms with Crippen LogP contribution in [-0.2, 0) is 14.0 Å². The maximum atomic E-state index is 12.8. The molecule has 5 nitrogen and oxygen atoms in total. The normalized spacial score (nSPS) is 24.4. The van der Waals surface area contributed by atoms with E-state index in [0.29, 0.717) is 17.3 Å². The van der Waals surface area contributed by atoms with Crippen molar-refractivity contribution in [3.05, 3.63) is 23.4 Å². The monoisotopic (exact) mass is 418 g/mol. The van der Waals surface area contributed by atoms with Crippen LogP contribution in [0.2, 0.25) is 39.3 Å². The van der Waals surface area contributed by atoms with Crippen LogP contribution in [0.4, 0.5) is 0 Å². The minimum atomic E-state index is -2.06. The maximum absolute atomic E-state index is 12.8. The molecule has 2 heterocycles. The fourth-order valence-corrected chi connectivity index (χ4v) is 6.14. The molecule has 1 amide bonds. The van der Waals surface area contributed by atoms with Gasteiger partial charge in [-0.25, -0.2) is 4.79 Å². The van der Waals surface area contributed by atoms with Crippen LogP contribution >= 0.6 is 23.4 Å². The van der Waals surface area contributed by atoms with Crippen LogP contribution in [-0.4, -0.2) is 56.4 Å². The number of carbonyl (C=O) groups excluding carboxylic acids is 2. The van der Waals surface area contributed by atoms with E-state index in [-0.39, 0.29) is 17.3 Å². The Balaban J connectivity index is 2.32. The largest absolute Gasteiger partial charge is 0.515 e. The highest BCUT2D eigenvalue weighted by atomic mass is 35.5. The van der Waals surface area contributed by atoms with Crippen LogP contribution in [0.3, 0.4) is 0 Å². The second-order valence-corrected chi connectivity index (χ2v) is 18.8. The summed E-state index contributed by atoms with van der Waals surface area (Å²) in [6.07, 6.45) is 3.63. The first-order chi connectivity index (χ1) is 11.4. The Bertz CT molecular complexity index is 626. The molecule has 0 bridgehead atoms. The number of hydrogen-bond acceptors (Lipinski definition) is 5. The molecule has 2 rings (SSSR count). The molecule has 0 aromatic rings. The Kier molecular flexibility index (Phi) is 6.31. The van der Waals surface area contributed by atoms with Crippen molar-refractivity contribution in [3.8, 4) is 0 Å². The summed E-state index contributed by atoms with van der Waals surface area (Å²) in [7, 11) is -3.66. The molecule has 1 saturated heterocycles. The van der Waals surface area contributed by atoms with Crippen molar-refractivity contribution in [2.75, 3.05) is 11.6 Å². The van der Waals surface area contributed by atoms with E-state index in [4.69, 9.17) is 16.0 Å². The predicted molar refractivity (Wildman–Crippen MR) is 110 cm³/mol. The number of thioether (sulfide) groups is 1. The summed E-state index contributed by atoms with van der Waals surface area (Å²) in [5.74, 6) is 0.598. The highest BCUT2D eigenvalue weighted by Gasteiger charge is 2.54. The molecule has 25 heavy (non-hydrogen) atoms. The van der Waals surface area contributed by atoms with Crippen LogP contribution in [0, 0.1) is 0 Å². The second-order valence-electron chi connectivity index (χ2n) is 8.21. The molecule has 0 aromatic heterocycles. The highest BCUT2D eigenvalue weighted by Crippen LogP contribution is 2.41. The van der Waals surface area contributed by atoms with Gasteiger partial charge in [-0.05, 0) is 25.2 Å². The van der Waals surface area contributed by atoms with Gasteiger partial charge in [0.1, 0.15) is 25.3 Å². The molecule has 1 N–H and O–H groups in total. The zero-order valence-electron chi connectivity index (χ0n) is 15.7. The van der Waals surface area contributed by atoms with Crippen LogP contribution in [0.5, 0.6) is 0 Å². The Hall–Kier alpha value is -0.546. The van der Waals surface area contributed by atoms with Crippen LogP contribution in [0.15, 0.2) is 23.4 Å². The number of halogens is 1. The van der Waals surface area contributed by atoms with Gasteiger partial charge in [0.25, 0.3) is 0 Å². The molecule has 0 aromatic carbocycles. The molecule has 0 spiro atoms. The number of nitrogens with zero attached hydrogens (tertiary/aromatic N) is 1. The fourth-order valence-electron chi connectivity index (χ4n) is 2.74. The van der Waals surface area contributed by atoms with Crippen molar-refractivity contribution in [3.63, 3.8) is 0 Å². The van der Waals surface area contributed by atoms with Gasteiger partial charge in [-0.1, -0.05) is 31.8 Å². The quantitative estimate of drug-likeness (QED) is 0.408. The number of rotatable bonds is 6. The van der Waals surface area contributed by atoms with Crippen molar-refractivity contribution in [1.29, 1.82) is 0 Å². The molecular formula is C16H27ClN2O3SSi2. The van der Waals surface area contributed by atoms with E-state index >= 15 is 0 Å². The zero-order valence-corrected chi connectivity index (χ0v) is 19.3. The van der Waals surface area contributed by atoms with Gasteiger partial charge in [-0.3, -0.25) is 9.69 Å². The van der Waals surface area contributed by atoms with Crippen LogP contribution in [0.25, 0.3) is 0 Å². The Labute approximate surface area is 161 Å². The molecule has 0 radical (unpaired) electrons. The Morgan fingerprint density at radius 2 is 2.00 bits per heavy atom. The molecule has 0 saturated carbocycles. The number of hydrogen-bond donors (Lipinski definition) is 1. The summed E-state index contributed by atoms with van der Waals surface area (Å²) in [5.41, 5.74) is 1.20. The second kappa shape index (κ2) is 7.60. The number of allylic oxidation sites excluding steroid dienone is 2. The number of fused-ring (bicyclic) bond motifs is 1. The van der Waals surface area contributed by atoms with Crippen molar-refractivity contribution in [1.82, 2.24) is 9.88 Å². The lowest BCUT2D eigenvalue weighted by Crippen LogP contribution is -2.73. The van der Waals surface area contributed by atoms with Crippen molar-refractivity contribution < 1.29 is 14.0 Å². The van der Waals surface area contributed by atoms with Gasteiger partial charge in [-0.15, -0.1) is 23.4 Å². The van der Waals surface area contributed by atoms with Gasteiger partial charge < -0.3 is 9.41 Å². The first-order valence-electron chi connectivity index (χ1n) is 8.36. The summed E-state index contributed by atoms with van der Waals surface area (Å²) in [5, 5.41) is -0.0449. The smallest absolute Gasteiger partial charge is 0.342 e. The molecule has 2 atom stereocenters. The molecule has 2 aliphatic rings. The first-order valence-corrected chi connectivity index (χ1v) is 16.8. The molecule has 1 fully saturated rings. The number of carbonyl (C=O) groups is 2. The van der Waals surface area contributed by atoms with Gasteiger partial charge in [-0.2, -0.15) is 0 Å². The lowest BCUT2D eigenvalue weighted by atomic mass is 10.0. The van der Waals surface area contributed by atoms with E-state index in [2.05, 4.69) is 24.6 Å². The Morgan fingerprint density at radius 1 is 1.36 bits per heavy atom. The number of alkyl halides is 1. The number of amides is 1. The van der Waals surface area contributed by atoms with E-state index < -0.39 is 22.5 Å². The molecule has 0 unspecified atom stereocenters. The average molecular weight is 419 g/mol. The molecule has 0 aliphatic carbocycles. The molecule has 2 aliphatic heterocycles. The summed E-state index contributed by atoms with van der Waals surface area (Å²) in [6.45, 7) is 12.4. The van der Waals surface area contributed by atoms with Gasteiger partial charge in [0, 0.05) is 11.6 Å². The summed E-state index contributed by atoms with van der Waals surface area (Å²) < 4.78 is 5.68. The summed E-state index contributed by atoms with van der Waals surface area (Å²) in [6, 6.07) is -0.218. The predicted octanol–water partition coefficient (Wildman–Crippen LogP) is 3.12. The van der Waals surface area contributed by atoms with Gasteiger partial charge in [0.2, 0.25) is 14.2 Å². The lowest BCUT2D eigenvalue weighted by molar-refractivity contribution is -0.147.